The molecule has 6 nitrogen and oxygen atoms in total. The fourth-order valence-corrected chi connectivity index (χ4v) is 3.56. The molecule has 2 aromatic heterocycles. The molecule has 25 heavy (non-hydrogen) atoms. The van der Waals surface area contributed by atoms with E-state index in [-0.39, 0.29) is 11.5 Å². The second kappa shape index (κ2) is 9.08. The van der Waals surface area contributed by atoms with Crippen LogP contribution in [0.3, 0.4) is 0 Å². The van der Waals surface area contributed by atoms with Gasteiger partial charge in [0.25, 0.3) is 5.56 Å². The van der Waals surface area contributed by atoms with E-state index < -0.39 is 0 Å². The smallest absolute Gasteiger partial charge is 0.278 e. The molecule has 0 spiro atoms. The predicted octanol–water partition coefficient (Wildman–Crippen LogP) is 3.18. The van der Waals surface area contributed by atoms with Gasteiger partial charge in [-0.2, -0.15) is 0 Å². The first-order valence-electron chi connectivity index (χ1n) is 8.94. The molecule has 1 amide bonds. The van der Waals surface area contributed by atoms with Gasteiger partial charge in [-0.15, -0.1) is 0 Å². The minimum atomic E-state index is -0.0548. The third-order valence-corrected chi connectivity index (χ3v) is 5.13. The first kappa shape index (κ1) is 19.6. The summed E-state index contributed by atoms with van der Waals surface area (Å²) in [5, 5.41) is 0.627. The van der Waals surface area contributed by atoms with E-state index in [9.17, 15) is 9.59 Å². The van der Waals surface area contributed by atoms with E-state index in [1.807, 2.05) is 20.0 Å². The maximum atomic E-state index is 12.8. The van der Waals surface area contributed by atoms with Crippen LogP contribution in [0.1, 0.15) is 45.2 Å². The van der Waals surface area contributed by atoms with Crippen LogP contribution in [0.2, 0.25) is 0 Å². The summed E-state index contributed by atoms with van der Waals surface area (Å²) in [7, 11) is 1.83. The molecule has 0 fully saturated rings. The Morgan fingerprint density at radius 1 is 1.32 bits per heavy atom. The van der Waals surface area contributed by atoms with Gasteiger partial charge < -0.3 is 9.88 Å². The Bertz CT molecular complexity index is 781. The zero-order valence-electron chi connectivity index (χ0n) is 15.6. The number of nitrogens with zero attached hydrogens (tertiary/aromatic N) is 3. The van der Waals surface area contributed by atoms with Crippen molar-refractivity contribution < 1.29 is 4.79 Å². The molecule has 2 rings (SSSR count). The van der Waals surface area contributed by atoms with Crippen LogP contribution in [-0.2, 0) is 11.3 Å². The van der Waals surface area contributed by atoms with Crippen molar-refractivity contribution in [2.75, 3.05) is 19.3 Å². The maximum absolute atomic E-state index is 12.8. The van der Waals surface area contributed by atoms with Crippen molar-refractivity contribution in [2.45, 2.75) is 58.2 Å². The monoisotopic (exact) mass is 364 g/mol. The van der Waals surface area contributed by atoms with Gasteiger partial charge >= 0.3 is 0 Å². The van der Waals surface area contributed by atoms with Crippen molar-refractivity contribution in [2.24, 2.45) is 0 Å². The molecule has 0 saturated carbocycles. The van der Waals surface area contributed by atoms with Crippen LogP contribution in [-0.4, -0.2) is 44.7 Å². The van der Waals surface area contributed by atoms with Crippen molar-refractivity contribution in [3.8, 4) is 0 Å². The minimum Gasteiger partial charge on any atom is -0.353 e. The Balaban J connectivity index is 2.23. The highest BCUT2D eigenvalue weighted by atomic mass is 32.2. The van der Waals surface area contributed by atoms with E-state index in [0.717, 1.165) is 37.9 Å². The molecular weight excluding hydrogens is 336 g/mol. The summed E-state index contributed by atoms with van der Waals surface area (Å²) >= 11 is 1.35. The number of thioether (sulfide) groups is 1. The standard InChI is InChI=1S/C18H28N4O2S/c1-5-7-9-21(4)15(23)12-25-18-20-14-11-13(3)19-16(14)17(24)22(18)10-8-6-2/h11,19H,5-10,12H2,1-4H3. The number of aromatic nitrogens is 3. The Kier molecular flexibility index (Phi) is 7.11. The molecule has 7 heteroatoms. The summed E-state index contributed by atoms with van der Waals surface area (Å²) in [5.41, 5.74) is 2.08. The third-order valence-electron chi connectivity index (χ3n) is 4.17. The van der Waals surface area contributed by atoms with Crippen LogP contribution in [0.15, 0.2) is 16.0 Å². The van der Waals surface area contributed by atoms with Crippen molar-refractivity contribution in [3.63, 3.8) is 0 Å². The summed E-state index contributed by atoms with van der Waals surface area (Å²) in [4.78, 5) is 34.5. The summed E-state index contributed by atoms with van der Waals surface area (Å²) in [6, 6.07) is 1.88. The lowest BCUT2D eigenvalue weighted by molar-refractivity contribution is -0.127. The van der Waals surface area contributed by atoms with E-state index >= 15 is 0 Å². The Morgan fingerprint density at radius 2 is 2.04 bits per heavy atom. The average molecular weight is 365 g/mol. The molecule has 138 valence electrons. The molecule has 2 heterocycles. The first-order chi connectivity index (χ1) is 12.0. The molecule has 0 aliphatic carbocycles. The number of nitrogens with one attached hydrogen (secondary N) is 1. The zero-order valence-corrected chi connectivity index (χ0v) is 16.4. The molecule has 0 aliphatic heterocycles. The van der Waals surface area contributed by atoms with Crippen LogP contribution in [0.4, 0.5) is 0 Å². The van der Waals surface area contributed by atoms with Gasteiger partial charge in [0.1, 0.15) is 5.52 Å². The summed E-state index contributed by atoms with van der Waals surface area (Å²) in [6.07, 6.45) is 3.97. The molecule has 0 saturated heterocycles. The number of aryl methyl sites for hydroxylation is 1. The van der Waals surface area contributed by atoms with Gasteiger partial charge in [0, 0.05) is 25.8 Å². The summed E-state index contributed by atoms with van der Waals surface area (Å²) in [6.45, 7) is 7.50. The maximum Gasteiger partial charge on any atom is 0.278 e. The number of hydrogen-bond donors (Lipinski definition) is 1. The normalized spacial score (nSPS) is 11.2. The molecule has 0 aromatic carbocycles. The summed E-state index contributed by atoms with van der Waals surface area (Å²) in [5.74, 6) is 0.369. The number of carbonyl (C=O) groups is 1. The molecule has 1 N–H and O–H groups in total. The van der Waals surface area contributed by atoms with Crippen LogP contribution >= 0.6 is 11.8 Å². The van der Waals surface area contributed by atoms with Gasteiger partial charge in [-0.3, -0.25) is 14.2 Å². The fourth-order valence-electron chi connectivity index (χ4n) is 2.59. The third kappa shape index (κ3) is 4.87. The van der Waals surface area contributed by atoms with Gasteiger partial charge in [0.05, 0.1) is 11.3 Å². The highest BCUT2D eigenvalue weighted by Gasteiger charge is 2.16. The van der Waals surface area contributed by atoms with Crippen LogP contribution < -0.4 is 5.56 Å². The number of aromatic amines is 1. The Labute approximate surface area is 153 Å². The molecule has 0 aliphatic rings. The molecule has 2 aromatic rings. The number of fused-ring (bicyclic) bond motifs is 1. The van der Waals surface area contributed by atoms with Gasteiger partial charge in [0.2, 0.25) is 5.91 Å². The number of hydrogen-bond acceptors (Lipinski definition) is 4. The lowest BCUT2D eigenvalue weighted by Gasteiger charge is -2.17. The Morgan fingerprint density at radius 3 is 2.72 bits per heavy atom. The molecular formula is C18H28N4O2S. The van der Waals surface area contributed by atoms with Gasteiger partial charge in [-0.1, -0.05) is 38.5 Å². The van der Waals surface area contributed by atoms with Gasteiger partial charge in [-0.05, 0) is 25.8 Å². The first-order valence-corrected chi connectivity index (χ1v) is 9.93. The van der Waals surface area contributed by atoms with E-state index in [2.05, 4.69) is 23.8 Å². The van der Waals surface area contributed by atoms with E-state index in [1.54, 1.807) is 9.47 Å². The van der Waals surface area contributed by atoms with Crippen molar-refractivity contribution in [1.29, 1.82) is 0 Å². The average Bonchev–Trinajstić information content (AvgIpc) is 2.97. The zero-order chi connectivity index (χ0) is 18.4. The number of H-pyrrole nitrogens is 1. The molecule has 0 bridgehead atoms. The van der Waals surface area contributed by atoms with E-state index in [1.165, 1.54) is 11.8 Å². The number of unbranched alkanes of at least 4 members (excludes halogenated alkanes) is 2. The van der Waals surface area contributed by atoms with Crippen molar-refractivity contribution in [3.05, 3.63) is 22.1 Å². The number of rotatable bonds is 9. The van der Waals surface area contributed by atoms with Crippen LogP contribution in [0, 0.1) is 6.92 Å². The van der Waals surface area contributed by atoms with Crippen molar-refractivity contribution in [1.82, 2.24) is 19.4 Å². The number of carbonyl (C=O) groups excluding carboxylic acids is 1. The molecule has 0 unspecified atom stereocenters. The second-order valence-corrected chi connectivity index (χ2v) is 7.32. The van der Waals surface area contributed by atoms with E-state index in [4.69, 9.17) is 0 Å². The number of amides is 1. The van der Waals surface area contributed by atoms with Crippen LogP contribution in [0.5, 0.6) is 0 Å². The second-order valence-electron chi connectivity index (χ2n) is 6.37. The largest absolute Gasteiger partial charge is 0.353 e. The molecule has 0 atom stereocenters. The lowest BCUT2D eigenvalue weighted by Crippen LogP contribution is -2.30. The highest BCUT2D eigenvalue weighted by molar-refractivity contribution is 7.99. The van der Waals surface area contributed by atoms with Gasteiger partial charge in [0.15, 0.2) is 5.16 Å². The predicted molar refractivity (Wildman–Crippen MR) is 103 cm³/mol. The topological polar surface area (TPSA) is 71.0 Å². The Hall–Kier alpha value is -1.76. The summed E-state index contributed by atoms with van der Waals surface area (Å²) < 4.78 is 1.70. The SMILES string of the molecule is CCCCN(C)C(=O)CSc1nc2cc(C)[nH]c2c(=O)n1CCCC. The molecule has 0 radical (unpaired) electrons. The minimum absolute atomic E-state index is 0.0548. The highest BCUT2D eigenvalue weighted by Crippen LogP contribution is 2.19. The van der Waals surface area contributed by atoms with Crippen molar-refractivity contribution >= 4 is 28.7 Å². The van der Waals surface area contributed by atoms with E-state index in [0.29, 0.717) is 28.5 Å². The fraction of sp³-hybridized carbons (Fsp3) is 0.611. The quantitative estimate of drug-likeness (QED) is 0.548. The lowest BCUT2D eigenvalue weighted by atomic mass is 10.3. The van der Waals surface area contributed by atoms with Crippen LogP contribution in [0.25, 0.3) is 11.0 Å². The van der Waals surface area contributed by atoms with Gasteiger partial charge in [-0.25, -0.2) is 4.98 Å².